The first-order valence-electron chi connectivity index (χ1n) is 4.39. The van der Waals surface area contributed by atoms with E-state index in [2.05, 4.69) is 10.3 Å². The molecule has 70 valence electrons. The zero-order valence-corrected chi connectivity index (χ0v) is 7.58. The molecule has 0 unspecified atom stereocenters. The van der Waals surface area contributed by atoms with Gasteiger partial charge < -0.3 is 15.8 Å². The minimum atomic E-state index is 0.371. The number of hydrogen-bond donors (Lipinski definition) is 2. The second-order valence-electron chi connectivity index (χ2n) is 3.17. The summed E-state index contributed by atoms with van der Waals surface area (Å²) < 4.78 is 5.62. The molecule has 1 aliphatic carbocycles. The van der Waals surface area contributed by atoms with Crippen LogP contribution in [0.3, 0.4) is 0 Å². The van der Waals surface area contributed by atoms with E-state index in [0.29, 0.717) is 11.8 Å². The lowest BCUT2D eigenvalue weighted by Gasteiger charge is -2.11. The molecule has 0 saturated heterocycles. The third-order valence-electron chi connectivity index (χ3n) is 2.01. The Morgan fingerprint density at radius 3 is 2.92 bits per heavy atom. The maximum absolute atomic E-state index is 5.72. The molecule has 0 spiro atoms. The van der Waals surface area contributed by atoms with Crippen LogP contribution >= 0.6 is 0 Å². The minimum Gasteiger partial charge on any atom is -0.487 e. The van der Waals surface area contributed by atoms with E-state index in [4.69, 9.17) is 10.5 Å². The summed E-state index contributed by atoms with van der Waals surface area (Å²) in [6.45, 7) is 0. The average Bonchev–Trinajstić information content (AvgIpc) is 2.89. The smallest absolute Gasteiger partial charge is 0.163 e. The Labute approximate surface area is 77.1 Å². The van der Waals surface area contributed by atoms with Crippen LogP contribution in [0.4, 0.5) is 11.4 Å². The van der Waals surface area contributed by atoms with Crippen LogP contribution in [-0.4, -0.2) is 18.1 Å². The SMILES string of the molecule is CNc1c(N)cncc1OC1CC1. The first-order chi connectivity index (χ1) is 6.31. The van der Waals surface area contributed by atoms with E-state index in [1.54, 1.807) is 12.4 Å². The lowest BCUT2D eigenvalue weighted by Crippen LogP contribution is -2.03. The number of ether oxygens (including phenoxy) is 1. The highest BCUT2D eigenvalue weighted by atomic mass is 16.5. The van der Waals surface area contributed by atoms with Crippen LogP contribution in [0.1, 0.15) is 12.8 Å². The van der Waals surface area contributed by atoms with Crippen molar-refractivity contribution in [2.24, 2.45) is 0 Å². The van der Waals surface area contributed by atoms with Gasteiger partial charge in [-0.15, -0.1) is 0 Å². The Hall–Kier alpha value is -1.45. The average molecular weight is 179 g/mol. The maximum atomic E-state index is 5.72. The first kappa shape index (κ1) is 8.16. The molecule has 4 heteroatoms. The number of nitrogens with two attached hydrogens (primary N) is 1. The molecule has 4 nitrogen and oxygen atoms in total. The molecule has 1 aromatic heterocycles. The number of anilines is 2. The van der Waals surface area contributed by atoms with Crippen LogP contribution < -0.4 is 15.8 Å². The fourth-order valence-corrected chi connectivity index (χ4v) is 1.18. The van der Waals surface area contributed by atoms with Gasteiger partial charge in [0.25, 0.3) is 0 Å². The predicted octanol–water partition coefficient (Wildman–Crippen LogP) is 1.25. The van der Waals surface area contributed by atoms with Crippen LogP contribution in [0.25, 0.3) is 0 Å². The molecule has 1 aromatic rings. The summed E-state index contributed by atoms with van der Waals surface area (Å²) in [6.07, 6.45) is 5.96. The molecule has 1 fully saturated rings. The second kappa shape index (κ2) is 3.12. The van der Waals surface area contributed by atoms with Crippen molar-refractivity contribution < 1.29 is 4.74 Å². The fraction of sp³-hybridized carbons (Fsp3) is 0.444. The molecule has 0 aromatic carbocycles. The molecule has 1 heterocycles. The largest absolute Gasteiger partial charge is 0.487 e. The number of nitrogens with zero attached hydrogens (tertiary/aromatic N) is 1. The van der Waals surface area contributed by atoms with Gasteiger partial charge in [0.05, 0.1) is 24.2 Å². The van der Waals surface area contributed by atoms with Crippen molar-refractivity contribution in [1.29, 1.82) is 0 Å². The lowest BCUT2D eigenvalue weighted by atomic mass is 10.3. The Morgan fingerprint density at radius 1 is 1.54 bits per heavy atom. The monoisotopic (exact) mass is 179 g/mol. The van der Waals surface area contributed by atoms with Crippen molar-refractivity contribution in [2.45, 2.75) is 18.9 Å². The minimum absolute atomic E-state index is 0.371. The van der Waals surface area contributed by atoms with Gasteiger partial charge in [-0.25, -0.2) is 0 Å². The van der Waals surface area contributed by atoms with Gasteiger partial charge in [-0.1, -0.05) is 0 Å². The molecule has 1 saturated carbocycles. The van der Waals surface area contributed by atoms with Gasteiger partial charge in [0.2, 0.25) is 0 Å². The van der Waals surface area contributed by atoms with E-state index >= 15 is 0 Å². The Morgan fingerprint density at radius 2 is 2.31 bits per heavy atom. The van der Waals surface area contributed by atoms with Crippen LogP contribution in [0.5, 0.6) is 5.75 Å². The van der Waals surface area contributed by atoms with Gasteiger partial charge in [-0.3, -0.25) is 4.98 Å². The van der Waals surface area contributed by atoms with Gasteiger partial charge >= 0.3 is 0 Å². The highest BCUT2D eigenvalue weighted by Gasteiger charge is 2.24. The van der Waals surface area contributed by atoms with Crippen LogP contribution in [0.15, 0.2) is 12.4 Å². The fourth-order valence-electron chi connectivity index (χ4n) is 1.18. The molecule has 0 bridgehead atoms. The molecule has 0 amide bonds. The second-order valence-corrected chi connectivity index (χ2v) is 3.17. The number of rotatable bonds is 3. The third kappa shape index (κ3) is 1.66. The Balaban J connectivity index is 2.25. The van der Waals surface area contributed by atoms with Crippen molar-refractivity contribution in [3.05, 3.63) is 12.4 Å². The first-order valence-corrected chi connectivity index (χ1v) is 4.39. The van der Waals surface area contributed by atoms with Crippen molar-refractivity contribution in [3.63, 3.8) is 0 Å². The molecule has 13 heavy (non-hydrogen) atoms. The number of nitrogen functional groups attached to an aromatic ring is 1. The predicted molar refractivity (Wildman–Crippen MR) is 51.8 cm³/mol. The molecule has 0 atom stereocenters. The standard InChI is InChI=1S/C9H13N3O/c1-11-9-7(10)4-12-5-8(9)13-6-2-3-6/h4-6H,2-3,10H2,1H3,(H,11,12). The quantitative estimate of drug-likeness (QED) is 0.733. The van der Waals surface area contributed by atoms with E-state index in [0.717, 1.165) is 24.3 Å². The summed E-state index contributed by atoms with van der Waals surface area (Å²) in [4.78, 5) is 3.98. The highest BCUT2D eigenvalue weighted by molar-refractivity contribution is 5.71. The van der Waals surface area contributed by atoms with Crippen LogP contribution in [-0.2, 0) is 0 Å². The van der Waals surface area contributed by atoms with Gasteiger partial charge in [-0.05, 0) is 12.8 Å². The zero-order valence-electron chi connectivity index (χ0n) is 7.58. The molecule has 0 radical (unpaired) electrons. The van der Waals surface area contributed by atoms with E-state index in [-0.39, 0.29) is 0 Å². The summed E-state index contributed by atoms with van der Waals surface area (Å²) in [5, 5.41) is 3.01. The molecule has 0 aliphatic heterocycles. The topological polar surface area (TPSA) is 60.2 Å². The Bertz CT molecular complexity index is 310. The van der Waals surface area contributed by atoms with Crippen LogP contribution in [0.2, 0.25) is 0 Å². The van der Waals surface area contributed by atoms with Crippen molar-refractivity contribution in [2.75, 3.05) is 18.1 Å². The number of pyridine rings is 1. The number of aromatic nitrogens is 1. The van der Waals surface area contributed by atoms with Crippen molar-refractivity contribution >= 4 is 11.4 Å². The van der Waals surface area contributed by atoms with E-state index < -0.39 is 0 Å². The zero-order chi connectivity index (χ0) is 9.26. The van der Waals surface area contributed by atoms with Crippen molar-refractivity contribution in [1.82, 2.24) is 4.98 Å². The highest BCUT2D eigenvalue weighted by Crippen LogP contribution is 2.34. The van der Waals surface area contributed by atoms with Gasteiger partial charge in [-0.2, -0.15) is 0 Å². The van der Waals surface area contributed by atoms with Crippen molar-refractivity contribution in [3.8, 4) is 5.75 Å². The summed E-state index contributed by atoms with van der Waals surface area (Å²) in [5.74, 6) is 0.755. The maximum Gasteiger partial charge on any atom is 0.163 e. The van der Waals surface area contributed by atoms with Gasteiger partial charge in [0.1, 0.15) is 5.69 Å². The molecule has 1 aliphatic rings. The normalized spacial score (nSPS) is 15.5. The lowest BCUT2D eigenvalue weighted by molar-refractivity contribution is 0.303. The van der Waals surface area contributed by atoms with E-state index in [1.807, 2.05) is 7.05 Å². The van der Waals surface area contributed by atoms with E-state index in [9.17, 15) is 0 Å². The summed E-state index contributed by atoms with van der Waals surface area (Å²) in [7, 11) is 1.82. The number of hydrogen-bond acceptors (Lipinski definition) is 4. The Kier molecular flexibility index (Phi) is 1.96. The summed E-state index contributed by atoms with van der Waals surface area (Å²) in [6, 6.07) is 0. The molecular formula is C9H13N3O. The van der Waals surface area contributed by atoms with Gasteiger partial charge in [0.15, 0.2) is 5.75 Å². The molecular weight excluding hydrogens is 166 g/mol. The molecule has 3 N–H and O–H groups in total. The summed E-state index contributed by atoms with van der Waals surface area (Å²) in [5.41, 5.74) is 7.18. The summed E-state index contributed by atoms with van der Waals surface area (Å²) >= 11 is 0. The number of nitrogens with one attached hydrogen (secondary N) is 1. The van der Waals surface area contributed by atoms with Crippen LogP contribution in [0, 0.1) is 0 Å². The third-order valence-corrected chi connectivity index (χ3v) is 2.01. The molecule has 2 rings (SSSR count). The van der Waals surface area contributed by atoms with Gasteiger partial charge in [0, 0.05) is 7.05 Å². The van der Waals surface area contributed by atoms with E-state index in [1.165, 1.54) is 0 Å².